The van der Waals surface area contributed by atoms with Crippen LogP contribution in [0.4, 0.5) is 0 Å². The Morgan fingerprint density at radius 1 is 1.38 bits per heavy atom. The summed E-state index contributed by atoms with van der Waals surface area (Å²) in [5.41, 5.74) is 2.11. The Bertz CT molecular complexity index is 671. The van der Waals surface area contributed by atoms with Crippen molar-refractivity contribution in [2.75, 3.05) is 13.1 Å². The van der Waals surface area contributed by atoms with Crippen molar-refractivity contribution in [2.45, 2.75) is 26.3 Å². The van der Waals surface area contributed by atoms with Gasteiger partial charge in [-0.2, -0.15) is 10.1 Å². The fraction of sp³-hybridized carbons (Fsp3) is 0.538. The molecule has 1 atom stereocenters. The zero-order valence-electron chi connectivity index (χ0n) is 12.2. The second kappa shape index (κ2) is 5.14. The van der Waals surface area contributed by atoms with E-state index in [2.05, 4.69) is 15.2 Å². The van der Waals surface area contributed by atoms with Crippen LogP contribution in [-0.4, -0.2) is 48.4 Å². The molecule has 21 heavy (non-hydrogen) atoms. The number of likely N-dealkylation sites (tertiary alicyclic amines) is 1. The first-order valence-corrected chi connectivity index (χ1v) is 7.22. The molecule has 1 aliphatic heterocycles. The van der Waals surface area contributed by atoms with Crippen LogP contribution in [0.3, 0.4) is 0 Å². The molecule has 0 aliphatic carbocycles. The van der Waals surface area contributed by atoms with E-state index >= 15 is 0 Å². The average Bonchev–Trinajstić information content (AvgIpc) is 3.10. The number of aromatic nitrogens is 5. The predicted octanol–water partition coefficient (Wildman–Crippen LogP) is 1.37. The van der Waals surface area contributed by atoms with Crippen LogP contribution < -0.4 is 0 Å². The lowest BCUT2D eigenvalue weighted by Crippen LogP contribution is -2.30. The Kier molecular flexibility index (Phi) is 3.44. The third-order valence-corrected chi connectivity index (χ3v) is 4.07. The van der Waals surface area contributed by atoms with Gasteiger partial charge in [-0.05, 0) is 37.9 Å². The van der Waals surface area contributed by atoms with Crippen molar-refractivity contribution in [1.82, 2.24) is 29.4 Å². The Balaban J connectivity index is 1.75. The van der Waals surface area contributed by atoms with Gasteiger partial charge in [-0.15, -0.1) is 5.10 Å². The number of amides is 1. The lowest BCUT2D eigenvalue weighted by molar-refractivity contribution is 0.0774. The van der Waals surface area contributed by atoms with Crippen LogP contribution in [0, 0.1) is 13.8 Å². The van der Waals surface area contributed by atoms with Gasteiger partial charge in [0.25, 0.3) is 5.91 Å². The van der Waals surface area contributed by atoms with Crippen LogP contribution in [0.25, 0.3) is 0 Å². The van der Waals surface area contributed by atoms with E-state index in [-0.39, 0.29) is 23.1 Å². The molecule has 3 heterocycles. The third-order valence-electron chi connectivity index (χ3n) is 3.74. The maximum Gasteiger partial charge on any atom is 0.293 e. The summed E-state index contributed by atoms with van der Waals surface area (Å²) in [5, 5.41) is 8.75. The molecule has 1 aliphatic rings. The summed E-state index contributed by atoms with van der Waals surface area (Å²) in [5.74, 6) is -0.0296. The van der Waals surface area contributed by atoms with Gasteiger partial charge in [0, 0.05) is 25.8 Å². The van der Waals surface area contributed by atoms with Crippen molar-refractivity contribution in [3.05, 3.63) is 28.6 Å². The Hall–Kier alpha value is -1.89. The number of hydrogen-bond donors (Lipinski definition) is 0. The number of hydrogen-bond acceptors (Lipinski definition) is 4. The van der Waals surface area contributed by atoms with Gasteiger partial charge in [0.1, 0.15) is 0 Å². The molecule has 0 N–H and O–H groups in total. The minimum atomic E-state index is -0.179. The Morgan fingerprint density at radius 3 is 2.71 bits per heavy atom. The average molecular weight is 309 g/mol. The first kappa shape index (κ1) is 14.1. The minimum Gasteiger partial charge on any atom is -0.334 e. The molecule has 1 unspecified atom stereocenters. The zero-order chi connectivity index (χ0) is 15.1. The highest BCUT2D eigenvalue weighted by Gasteiger charge is 2.31. The van der Waals surface area contributed by atoms with Crippen LogP contribution >= 0.6 is 11.6 Å². The summed E-state index contributed by atoms with van der Waals surface area (Å²) in [6.07, 6.45) is 0.883. The predicted molar refractivity (Wildman–Crippen MR) is 77.3 cm³/mol. The van der Waals surface area contributed by atoms with Gasteiger partial charge in [-0.3, -0.25) is 9.48 Å². The molecule has 8 heteroatoms. The first-order chi connectivity index (χ1) is 9.95. The summed E-state index contributed by atoms with van der Waals surface area (Å²) >= 11 is 5.83. The molecule has 0 radical (unpaired) electrons. The SMILES string of the molecule is Cc1cc(C)n(C2CCN(C(=O)c3nc(Cl)n(C)n3)C2)n1. The van der Waals surface area contributed by atoms with Crippen molar-refractivity contribution in [3.8, 4) is 0 Å². The Labute approximate surface area is 127 Å². The van der Waals surface area contributed by atoms with Gasteiger partial charge in [0.15, 0.2) is 0 Å². The molecule has 1 saturated heterocycles. The summed E-state index contributed by atoms with van der Waals surface area (Å²) in [6, 6.07) is 2.26. The van der Waals surface area contributed by atoms with Crippen molar-refractivity contribution >= 4 is 17.5 Å². The molecule has 1 fully saturated rings. The highest BCUT2D eigenvalue weighted by atomic mass is 35.5. The maximum absolute atomic E-state index is 12.4. The van der Waals surface area contributed by atoms with Crippen LogP contribution in [0.15, 0.2) is 6.07 Å². The third kappa shape index (κ3) is 2.53. The molecule has 0 spiro atoms. The molecule has 0 bridgehead atoms. The summed E-state index contributed by atoms with van der Waals surface area (Å²) in [6.45, 7) is 5.31. The number of halogens is 1. The second-order valence-electron chi connectivity index (χ2n) is 5.39. The largest absolute Gasteiger partial charge is 0.334 e. The molecule has 3 rings (SSSR count). The normalized spacial score (nSPS) is 18.5. The topological polar surface area (TPSA) is 68.8 Å². The Morgan fingerprint density at radius 2 is 2.14 bits per heavy atom. The maximum atomic E-state index is 12.4. The first-order valence-electron chi connectivity index (χ1n) is 6.84. The van der Waals surface area contributed by atoms with Gasteiger partial charge in [0.05, 0.1) is 11.7 Å². The van der Waals surface area contributed by atoms with Gasteiger partial charge >= 0.3 is 0 Å². The van der Waals surface area contributed by atoms with Gasteiger partial charge in [0.2, 0.25) is 11.1 Å². The van der Waals surface area contributed by atoms with Crippen LogP contribution in [0.1, 0.15) is 34.5 Å². The summed E-state index contributed by atoms with van der Waals surface area (Å²) in [4.78, 5) is 18.1. The monoisotopic (exact) mass is 308 g/mol. The summed E-state index contributed by atoms with van der Waals surface area (Å²) in [7, 11) is 1.66. The molecule has 1 amide bonds. The van der Waals surface area contributed by atoms with Crippen LogP contribution in [-0.2, 0) is 7.05 Å². The van der Waals surface area contributed by atoms with E-state index < -0.39 is 0 Å². The van der Waals surface area contributed by atoms with Crippen LogP contribution in [0.5, 0.6) is 0 Å². The molecule has 0 aromatic carbocycles. The van der Waals surface area contributed by atoms with Crippen LogP contribution in [0.2, 0.25) is 5.28 Å². The van der Waals surface area contributed by atoms with Gasteiger partial charge in [-0.25, -0.2) is 4.68 Å². The van der Waals surface area contributed by atoms with E-state index in [1.165, 1.54) is 4.68 Å². The number of nitrogens with zero attached hydrogens (tertiary/aromatic N) is 6. The number of carbonyl (C=O) groups excluding carboxylic acids is 1. The van der Waals surface area contributed by atoms with E-state index in [1.54, 1.807) is 11.9 Å². The number of aryl methyl sites for hydroxylation is 3. The quantitative estimate of drug-likeness (QED) is 0.840. The van der Waals surface area contributed by atoms with Gasteiger partial charge in [-0.1, -0.05) is 0 Å². The lowest BCUT2D eigenvalue weighted by atomic mass is 10.2. The lowest BCUT2D eigenvalue weighted by Gasteiger charge is -2.15. The van der Waals surface area contributed by atoms with Crippen molar-refractivity contribution in [1.29, 1.82) is 0 Å². The number of carbonyl (C=O) groups is 1. The highest BCUT2D eigenvalue weighted by Crippen LogP contribution is 2.24. The highest BCUT2D eigenvalue weighted by molar-refractivity contribution is 6.28. The standard InChI is InChI=1S/C13H17ClN6O/c1-8-6-9(2)20(16-8)10-4-5-19(7-10)12(21)11-15-13(14)18(3)17-11/h6,10H,4-5,7H2,1-3H3. The van der Waals surface area contributed by atoms with Gasteiger partial charge < -0.3 is 4.90 Å². The zero-order valence-corrected chi connectivity index (χ0v) is 13.0. The summed E-state index contributed by atoms with van der Waals surface area (Å²) < 4.78 is 3.39. The molecule has 112 valence electrons. The van der Waals surface area contributed by atoms with Crippen molar-refractivity contribution < 1.29 is 4.79 Å². The molecule has 7 nitrogen and oxygen atoms in total. The van der Waals surface area contributed by atoms with Crippen molar-refractivity contribution in [2.24, 2.45) is 7.05 Å². The fourth-order valence-corrected chi connectivity index (χ4v) is 2.86. The fourth-order valence-electron chi connectivity index (χ4n) is 2.74. The second-order valence-corrected chi connectivity index (χ2v) is 5.73. The van der Waals surface area contributed by atoms with E-state index in [0.717, 1.165) is 17.8 Å². The molecule has 2 aromatic heterocycles. The van der Waals surface area contributed by atoms with Crippen molar-refractivity contribution in [3.63, 3.8) is 0 Å². The number of rotatable bonds is 2. The minimum absolute atomic E-state index is 0.150. The smallest absolute Gasteiger partial charge is 0.293 e. The molecular weight excluding hydrogens is 292 g/mol. The molecular formula is C13H17ClN6O. The van der Waals surface area contributed by atoms with E-state index in [4.69, 9.17) is 11.6 Å². The van der Waals surface area contributed by atoms with E-state index in [1.807, 2.05) is 24.6 Å². The molecule has 0 saturated carbocycles. The van der Waals surface area contributed by atoms with E-state index in [0.29, 0.717) is 13.1 Å². The molecule has 2 aromatic rings. The van der Waals surface area contributed by atoms with E-state index in [9.17, 15) is 4.79 Å².